The van der Waals surface area contributed by atoms with Crippen LogP contribution in [0.3, 0.4) is 0 Å². The highest BCUT2D eigenvalue weighted by Crippen LogP contribution is 2.23. The number of H-pyrrole nitrogens is 1. The van der Waals surface area contributed by atoms with Gasteiger partial charge in [0.15, 0.2) is 0 Å². The van der Waals surface area contributed by atoms with Crippen molar-refractivity contribution in [1.82, 2.24) is 14.9 Å². The number of aromatic nitrogens is 2. The van der Waals surface area contributed by atoms with Crippen LogP contribution in [0.4, 0.5) is 5.82 Å². The van der Waals surface area contributed by atoms with Gasteiger partial charge in [0, 0.05) is 50.3 Å². The van der Waals surface area contributed by atoms with Gasteiger partial charge in [0.2, 0.25) is 0 Å². The van der Waals surface area contributed by atoms with E-state index in [1.807, 2.05) is 12.3 Å². The van der Waals surface area contributed by atoms with E-state index in [2.05, 4.69) is 75.2 Å². The summed E-state index contributed by atoms with van der Waals surface area (Å²) in [5.74, 6) is 1.09. The zero-order valence-corrected chi connectivity index (χ0v) is 14.7. The summed E-state index contributed by atoms with van der Waals surface area (Å²) < 4.78 is 0. The highest BCUT2D eigenvalue weighted by atomic mass is 15.3. The molecule has 0 atom stereocenters. The summed E-state index contributed by atoms with van der Waals surface area (Å²) in [6, 6.07) is 19.0. The third-order valence-corrected chi connectivity index (χ3v) is 4.95. The molecule has 1 aliphatic heterocycles. The Bertz CT molecular complexity index is 802. The number of pyridine rings is 1. The van der Waals surface area contributed by atoms with Gasteiger partial charge in [0.05, 0.1) is 0 Å². The Morgan fingerprint density at radius 1 is 0.960 bits per heavy atom. The Morgan fingerprint density at radius 3 is 2.44 bits per heavy atom. The van der Waals surface area contributed by atoms with Crippen molar-refractivity contribution in [3.05, 3.63) is 72.1 Å². The first-order valence-electron chi connectivity index (χ1n) is 8.92. The van der Waals surface area contributed by atoms with E-state index >= 15 is 0 Å². The molecule has 0 radical (unpaired) electrons. The molecule has 128 valence electrons. The molecule has 4 rings (SSSR count). The van der Waals surface area contributed by atoms with Crippen molar-refractivity contribution in [2.45, 2.75) is 13.5 Å². The lowest BCUT2D eigenvalue weighted by atomic mass is 10.1. The van der Waals surface area contributed by atoms with Gasteiger partial charge in [-0.2, -0.15) is 0 Å². The first kappa shape index (κ1) is 15.9. The third kappa shape index (κ3) is 3.59. The van der Waals surface area contributed by atoms with Crippen molar-refractivity contribution in [3.63, 3.8) is 0 Å². The third-order valence-electron chi connectivity index (χ3n) is 4.95. The average molecular weight is 332 g/mol. The lowest BCUT2D eigenvalue weighted by Gasteiger charge is -2.35. The summed E-state index contributed by atoms with van der Waals surface area (Å²) >= 11 is 0. The van der Waals surface area contributed by atoms with E-state index in [0.717, 1.165) is 38.5 Å². The summed E-state index contributed by atoms with van der Waals surface area (Å²) in [6.45, 7) is 7.39. The van der Waals surface area contributed by atoms with Crippen molar-refractivity contribution in [2.75, 3.05) is 31.1 Å². The van der Waals surface area contributed by atoms with Gasteiger partial charge in [-0.3, -0.25) is 4.90 Å². The maximum atomic E-state index is 4.46. The molecule has 0 saturated carbocycles. The Morgan fingerprint density at radius 2 is 1.72 bits per heavy atom. The minimum absolute atomic E-state index is 1.01. The summed E-state index contributed by atoms with van der Waals surface area (Å²) in [7, 11) is 0. The van der Waals surface area contributed by atoms with E-state index in [9.17, 15) is 0 Å². The van der Waals surface area contributed by atoms with Crippen LogP contribution in [0.15, 0.2) is 60.8 Å². The van der Waals surface area contributed by atoms with Gasteiger partial charge >= 0.3 is 0 Å². The van der Waals surface area contributed by atoms with Gasteiger partial charge in [0.25, 0.3) is 0 Å². The fraction of sp³-hybridized carbons (Fsp3) is 0.286. The Hall–Kier alpha value is -2.59. The predicted octanol–water partition coefficient (Wildman–Crippen LogP) is 3.71. The monoisotopic (exact) mass is 332 g/mol. The number of nitrogens with zero attached hydrogens (tertiary/aromatic N) is 3. The number of aromatic amines is 1. The maximum absolute atomic E-state index is 4.46. The largest absolute Gasteiger partial charge is 0.358 e. The van der Waals surface area contributed by atoms with E-state index < -0.39 is 0 Å². The Balaban J connectivity index is 1.40. The fourth-order valence-corrected chi connectivity index (χ4v) is 3.46. The van der Waals surface area contributed by atoms with Crippen LogP contribution >= 0.6 is 0 Å². The van der Waals surface area contributed by atoms with Gasteiger partial charge < -0.3 is 9.88 Å². The van der Waals surface area contributed by atoms with Crippen molar-refractivity contribution in [2.24, 2.45) is 0 Å². The highest BCUT2D eigenvalue weighted by Gasteiger charge is 2.19. The summed E-state index contributed by atoms with van der Waals surface area (Å²) in [5, 5.41) is 0. The first-order chi connectivity index (χ1) is 12.3. The minimum atomic E-state index is 1.01. The molecule has 0 spiro atoms. The minimum Gasteiger partial charge on any atom is -0.358 e. The number of hydrogen-bond acceptors (Lipinski definition) is 3. The molecule has 4 nitrogen and oxygen atoms in total. The number of anilines is 1. The Labute approximate surface area is 149 Å². The van der Waals surface area contributed by atoms with Crippen LogP contribution in [0.25, 0.3) is 11.3 Å². The van der Waals surface area contributed by atoms with Gasteiger partial charge in [0.1, 0.15) is 5.82 Å². The normalized spacial score (nSPS) is 15.5. The van der Waals surface area contributed by atoms with Gasteiger partial charge in [-0.25, -0.2) is 4.98 Å². The van der Waals surface area contributed by atoms with Crippen molar-refractivity contribution < 1.29 is 0 Å². The molecule has 0 aliphatic carbocycles. The molecule has 0 amide bonds. The molecule has 1 saturated heterocycles. The van der Waals surface area contributed by atoms with Crippen LogP contribution in [-0.2, 0) is 6.54 Å². The van der Waals surface area contributed by atoms with Gasteiger partial charge in [-0.05, 0) is 36.2 Å². The van der Waals surface area contributed by atoms with Crippen molar-refractivity contribution >= 4 is 5.82 Å². The number of nitrogens with one attached hydrogen (secondary N) is 1. The zero-order chi connectivity index (χ0) is 17.1. The molecule has 1 fully saturated rings. The molecule has 0 unspecified atom stereocenters. The molecular weight excluding hydrogens is 308 g/mol. The number of hydrogen-bond donors (Lipinski definition) is 1. The number of piperazine rings is 1. The molecule has 2 aromatic heterocycles. The molecule has 0 bridgehead atoms. The van der Waals surface area contributed by atoms with Crippen LogP contribution in [0.1, 0.15) is 11.3 Å². The van der Waals surface area contributed by atoms with E-state index in [1.165, 1.54) is 22.5 Å². The molecule has 3 aromatic rings. The topological polar surface area (TPSA) is 35.2 Å². The lowest BCUT2D eigenvalue weighted by Crippen LogP contribution is -2.46. The first-order valence-corrected chi connectivity index (χ1v) is 8.92. The predicted molar refractivity (Wildman–Crippen MR) is 103 cm³/mol. The molecule has 25 heavy (non-hydrogen) atoms. The number of aryl methyl sites for hydroxylation is 1. The molecule has 4 heteroatoms. The summed E-state index contributed by atoms with van der Waals surface area (Å²) in [5.41, 5.74) is 5.12. The van der Waals surface area contributed by atoms with E-state index in [0.29, 0.717) is 0 Å². The second kappa shape index (κ2) is 7.11. The smallest absolute Gasteiger partial charge is 0.128 e. The average Bonchev–Trinajstić information content (AvgIpc) is 3.04. The van der Waals surface area contributed by atoms with Gasteiger partial charge in [-0.1, -0.05) is 36.4 Å². The maximum Gasteiger partial charge on any atom is 0.128 e. The van der Waals surface area contributed by atoms with Crippen LogP contribution in [0.5, 0.6) is 0 Å². The van der Waals surface area contributed by atoms with E-state index in [-0.39, 0.29) is 0 Å². The molecule has 1 aliphatic rings. The second-order valence-corrected chi connectivity index (χ2v) is 6.65. The van der Waals surface area contributed by atoms with Crippen LogP contribution < -0.4 is 4.90 Å². The summed E-state index contributed by atoms with van der Waals surface area (Å²) in [6.07, 6.45) is 1.87. The summed E-state index contributed by atoms with van der Waals surface area (Å²) in [4.78, 5) is 12.9. The Kier molecular flexibility index (Phi) is 4.53. The van der Waals surface area contributed by atoms with Gasteiger partial charge in [-0.15, -0.1) is 0 Å². The molecule has 3 heterocycles. The lowest BCUT2D eigenvalue weighted by molar-refractivity contribution is 0.249. The fourth-order valence-electron chi connectivity index (χ4n) is 3.46. The van der Waals surface area contributed by atoms with Crippen LogP contribution in [-0.4, -0.2) is 41.0 Å². The van der Waals surface area contributed by atoms with Crippen molar-refractivity contribution in [1.29, 1.82) is 0 Å². The number of benzene rings is 1. The highest BCUT2D eigenvalue weighted by molar-refractivity contribution is 5.61. The zero-order valence-electron chi connectivity index (χ0n) is 14.7. The SMILES string of the molecule is Cc1[nH]c(-c2ccccc2)cc1CN1CCN(c2ccccn2)CC1. The standard InChI is InChI=1S/C21H24N4/c1-17-19(15-20(23-17)18-7-3-2-4-8-18)16-24-11-13-25(14-12-24)21-9-5-6-10-22-21/h2-10,15,23H,11-14,16H2,1H3. The van der Waals surface area contributed by atoms with Crippen molar-refractivity contribution in [3.8, 4) is 11.3 Å². The number of rotatable bonds is 4. The molecule has 1 N–H and O–H groups in total. The molecular formula is C21H24N4. The van der Waals surface area contributed by atoms with Crippen LogP contribution in [0, 0.1) is 6.92 Å². The van der Waals surface area contributed by atoms with E-state index in [4.69, 9.17) is 0 Å². The van der Waals surface area contributed by atoms with Crippen LogP contribution in [0.2, 0.25) is 0 Å². The molecule has 1 aromatic carbocycles. The second-order valence-electron chi connectivity index (χ2n) is 6.65. The quantitative estimate of drug-likeness (QED) is 0.791. The van der Waals surface area contributed by atoms with E-state index in [1.54, 1.807) is 0 Å².